The predicted molar refractivity (Wildman–Crippen MR) is 77.2 cm³/mol. The molecule has 0 aliphatic rings. The Morgan fingerprint density at radius 3 is 2.05 bits per heavy atom. The zero-order valence-corrected chi connectivity index (χ0v) is 12.7. The maximum Gasteiger partial charge on any atom is 0.407 e. The Bertz CT molecular complexity index is 246. The van der Waals surface area contributed by atoms with Gasteiger partial charge in [-0.3, -0.25) is 0 Å². The van der Waals surface area contributed by atoms with Gasteiger partial charge in [0.1, 0.15) is 11.9 Å². The molecule has 0 bridgehead atoms. The number of carbonyl (C=O) groups excluding carboxylic acids is 2. The van der Waals surface area contributed by atoms with E-state index in [9.17, 15) is 9.59 Å². The van der Waals surface area contributed by atoms with Crippen LogP contribution in [0.5, 0.6) is 0 Å². The minimum atomic E-state index is -0.425. The molecule has 1 N–H and O–H groups in total. The van der Waals surface area contributed by atoms with Crippen LogP contribution >= 0.6 is 0 Å². The highest BCUT2D eigenvalue weighted by molar-refractivity contribution is 5.67. The maximum absolute atomic E-state index is 11.3. The minimum Gasteiger partial charge on any atom is -0.444 e. The average Bonchev–Trinajstić information content (AvgIpc) is 2.29. The van der Waals surface area contributed by atoms with E-state index in [1.807, 2.05) is 20.8 Å². The van der Waals surface area contributed by atoms with Crippen molar-refractivity contribution in [1.82, 2.24) is 5.32 Å². The van der Waals surface area contributed by atoms with E-state index in [1.54, 1.807) is 0 Å². The molecule has 1 amide bonds. The Kier molecular flexibility index (Phi) is 10.2. The molecule has 4 heteroatoms. The first kappa shape index (κ1) is 17.9. The summed E-state index contributed by atoms with van der Waals surface area (Å²) in [6.45, 7) is 6.26. The summed E-state index contributed by atoms with van der Waals surface area (Å²) in [5, 5.41) is 2.76. The molecule has 0 saturated carbocycles. The summed E-state index contributed by atoms with van der Waals surface area (Å²) in [4.78, 5) is 21.4. The van der Waals surface area contributed by atoms with Gasteiger partial charge < -0.3 is 14.8 Å². The Labute approximate surface area is 117 Å². The largest absolute Gasteiger partial charge is 0.444 e. The average molecular weight is 271 g/mol. The first-order chi connectivity index (χ1) is 8.95. The monoisotopic (exact) mass is 271 g/mol. The number of amides is 1. The van der Waals surface area contributed by atoms with E-state index in [0.29, 0.717) is 13.0 Å². The lowest BCUT2D eigenvalue weighted by Crippen LogP contribution is -2.32. The molecular weight excluding hydrogens is 242 g/mol. The van der Waals surface area contributed by atoms with Crippen molar-refractivity contribution in [3.8, 4) is 0 Å². The Morgan fingerprint density at radius 2 is 1.53 bits per heavy atom. The summed E-state index contributed by atoms with van der Waals surface area (Å²) in [6, 6.07) is 0. The van der Waals surface area contributed by atoms with Crippen LogP contribution in [0.1, 0.15) is 72.1 Å². The fourth-order valence-corrected chi connectivity index (χ4v) is 1.74. The van der Waals surface area contributed by atoms with Gasteiger partial charge >= 0.3 is 6.09 Å². The molecule has 0 spiro atoms. The number of rotatable bonds is 10. The van der Waals surface area contributed by atoms with Crippen molar-refractivity contribution in [2.45, 2.75) is 77.7 Å². The molecular formula is C15H29NO3. The molecule has 0 aromatic carbocycles. The first-order valence-corrected chi connectivity index (χ1v) is 7.36. The van der Waals surface area contributed by atoms with Crippen LogP contribution in [0.15, 0.2) is 0 Å². The van der Waals surface area contributed by atoms with Crippen molar-refractivity contribution in [1.29, 1.82) is 0 Å². The molecule has 0 radical (unpaired) electrons. The number of unbranched alkanes of at least 4 members (excludes halogenated alkanes) is 7. The molecule has 112 valence electrons. The smallest absolute Gasteiger partial charge is 0.407 e. The molecule has 0 rings (SSSR count). The van der Waals surface area contributed by atoms with Crippen molar-refractivity contribution in [3.05, 3.63) is 0 Å². The number of hydrogen-bond acceptors (Lipinski definition) is 3. The van der Waals surface area contributed by atoms with Gasteiger partial charge in [0, 0.05) is 13.0 Å². The lowest BCUT2D eigenvalue weighted by atomic mass is 10.1. The highest BCUT2D eigenvalue weighted by Gasteiger charge is 2.15. The summed E-state index contributed by atoms with van der Waals surface area (Å²) in [5.74, 6) is 0. The van der Waals surface area contributed by atoms with Gasteiger partial charge in [-0.25, -0.2) is 4.79 Å². The molecule has 0 aliphatic heterocycles. The third-order valence-electron chi connectivity index (χ3n) is 2.67. The van der Waals surface area contributed by atoms with E-state index in [1.165, 1.54) is 19.3 Å². The number of nitrogens with one attached hydrogen (secondary N) is 1. The van der Waals surface area contributed by atoms with E-state index in [0.717, 1.165) is 32.0 Å². The topological polar surface area (TPSA) is 55.4 Å². The lowest BCUT2D eigenvalue weighted by molar-refractivity contribution is -0.107. The molecule has 0 aromatic heterocycles. The van der Waals surface area contributed by atoms with Crippen LogP contribution < -0.4 is 5.32 Å². The number of carbonyl (C=O) groups is 2. The molecule has 0 atom stereocenters. The van der Waals surface area contributed by atoms with Gasteiger partial charge in [0.05, 0.1) is 0 Å². The van der Waals surface area contributed by atoms with Gasteiger partial charge in [-0.1, -0.05) is 32.1 Å². The molecule has 0 aromatic rings. The Hall–Kier alpha value is -1.06. The summed E-state index contributed by atoms with van der Waals surface area (Å²) in [5.41, 5.74) is -0.425. The van der Waals surface area contributed by atoms with Crippen LogP contribution in [0.3, 0.4) is 0 Å². The summed E-state index contributed by atoms with van der Waals surface area (Å²) in [6.07, 6.45) is 9.24. The standard InChI is InChI=1S/C15H29NO3/c1-15(2,3)19-14(18)16-12-10-8-6-4-5-7-9-11-13-17/h13H,4-12H2,1-3H3,(H,16,18). The molecule has 0 fully saturated rings. The van der Waals surface area contributed by atoms with Gasteiger partial charge in [-0.05, 0) is 33.6 Å². The van der Waals surface area contributed by atoms with Gasteiger partial charge in [0.25, 0.3) is 0 Å². The third kappa shape index (κ3) is 14.9. The van der Waals surface area contributed by atoms with Gasteiger partial charge in [-0.15, -0.1) is 0 Å². The Balaban J connectivity index is 3.23. The second kappa shape index (κ2) is 10.8. The van der Waals surface area contributed by atoms with Crippen LogP contribution in [0, 0.1) is 0 Å². The maximum atomic E-state index is 11.3. The molecule has 0 heterocycles. The highest BCUT2D eigenvalue weighted by atomic mass is 16.6. The van der Waals surface area contributed by atoms with Crippen molar-refractivity contribution < 1.29 is 14.3 Å². The van der Waals surface area contributed by atoms with Crippen molar-refractivity contribution in [2.24, 2.45) is 0 Å². The number of hydrogen-bond donors (Lipinski definition) is 1. The number of alkyl carbamates (subject to hydrolysis) is 1. The minimum absolute atomic E-state index is 0.332. The lowest BCUT2D eigenvalue weighted by Gasteiger charge is -2.19. The van der Waals surface area contributed by atoms with Crippen LogP contribution in [0.25, 0.3) is 0 Å². The molecule has 19 heavy (non-hydrogen) atoms. The van der Waals surface area contributed by atoms with Crippen LogP contribution in [0.2, 0.25) is 0 Å². The summed E-state index contributed by atoms with van der Waals surface area (Å²) >= 11 is 0. The molecule has 4 nitrogen and oxygen atoms in total. The number of ether oxygens (including phenoxy) is 1. The highest BCUT2D eigenvalue weighted by Crippen LogP contribution is 2.08. The summed E-state index contributed by atoms with van der Waals surface area (Å²) in [7, 11) is 0. The van der Waals surface area contributed by atoms with Crippen LogP contribution in [-0.2, 0) is 9.53 Å². The van der Waals surface area contributed by atoms with E-state index in [-0.39, 0.29) is 6.09 Å². The second-order valence-electron chi connectivity index (χ2n) is 5.86. The second-order valence-corrected chi connectivity index (χ2v) is 5.86. The third-order valence-corrected chi connectivity index (χ3v) is 2.67. The predicted octanol–water partition coefficient (Wildman–Crippen LogP) is 3.83. The van der Waals surface area contributed by atoms with E-state index in [2.05, 4.69) is 5.32 Å². The zero-order chi connectivity index (χ0) is 14.6. The molecule has 0 aliphatic carbocycles. The van der Waals surface area contributed by atoms with E-state index in [4.69, 9.17) is 4.74 Å². The normalized spacial score (nSPS) is 11.1. The fourth-order valence-electron chi connectivity index (χ4n) is 1.74. The quantitative estimate of drug-likeness (QED) is 0.485. The van der Waals surface area contributed by atoms with Crippen LogP contribution in [-0.4, -0.2) is 24.5 Å². The van der Waals surface area contributed by atoms with Crippen LogP contribution in [0.4, 0.5) is 4.79 Å². The zero-order valence-electron chi connectivity index (χ0n) is 12.7. The molecule has 0 unspecified atom stereocenters. The van der Waals surface area contributed by atoms with Crippen molar-refractivity contribution >= 4 is 12.4 Å². The van der Waals surface area contributed by atoms with E-state index >= 15 is 0 Å². The van der Waals surface area contributed by atoms with Gasteiger partial charge in [0.2, 0.25) is 0 Å². The fraction of sp³-hybridized carbons (Fsp3) is 0.867. The molecule has 0 saturated heterocycles. The SMILES string of the molecule is CC(C)(C)OC(=O)NCCCCCCCCCC=O. The van der Waals surface area contributed by atoms with E-state index < -0.39 is 5.60 Å². The van der Waals surface area contributed by atoms with Gasteiger partial charge in [-0.2, -0.15) is 0 Å². The number of aldehydes is 1. The van der Waals surface area contributed by atoms with Crippen molar-refractivity contribution in [2.75, 3.05) is 6.54 Å². The summed E-state index contributed by atoms with van der Waals surface area (Å²) < 4.78 is 5.14. The van der Waals surface area contributed by atoms with Crippen molar-refractivity contribution in [3.63, 3.8) is 0 Å². The van der Waals surface area contributed by atoms with Gasteiger partial charge in [0.15, 0.2) is 0 Å². The first-order valence-electron chi connectivity index (χ1n) is 7.36. The Morgan fingerprint density at radius 1 is 1.00 bits per heavy atom.